The predicted octanol–water partition coefficient (Wildman–Crippen LogP) is 2.42. The zero-order chi connectivity index (χ0) is 18.6. The van der Waals surface area contributed by atoms with Crippen LogP contribution in [-0.4, -0.2) is 33.2 Å². The number of alkyl halides is 2. The van der Waals surface area contributed by atoms with Crippen LogP contribution in [0.4, 0.5) is 8.78 Å². The molecule has 1 aromatic carbocycles. The van der Waals surface area contributed by atoms with Gasteiger partial charge >= 0.3 is 17.7 Å². The highest BCUT2D eigenvalue weighted by molar-refractivity contribution is 7.91. The summed E-state index contributed by atoms with van der Waals surface area (Å²) in [6, 6.07) is 6.65. The molecule has 0 fully saturated rings. The summed E-state index contributed by atoms with van der Waals surface area (Å²) < 4.78 is 61.9. The molecule has 0 radical (unpaired) electrons. The number of halogens is 2. The van der Waals surface area contributed by atoms with Crippen molar-refractivity contribution in [2.45, 2.75) is 17.3 Å². The first-order valence-electron chi connectivity index (χ1n) is 6.72. The number of furan rings is 1. The number of hydrogen-bond donors (Lipinski definition) is 0. The standard InChI is InChI=1S/C15H12F2O7S/c1-22-14(19)12-7-4-10(24-12)8-23-13(18)9-2-5-11(6-3-9)25(20,21)15(16)17/h2-7,15H,8H2,1H3. The van der Waals surface area contributed by atoms with Crippen molar-refractivity contribution in [1.29, 1.82) is 0 Å². The number of methoxy groups -OCH3 is 1. The lowest BCUT2D eigenvalue weighted by molar-refractivity contribution is 0.0438. The molecular formula is C15H12F2O7S. The van der Waals surface area contributed by atoms with Gasteiger partial charge in [-0.3, -0.25) is 0 Å². The van der Waals surface area contributed by atoms with Gasteiger partial charge in [-0.2, -0.15) is 8.78 Å². The van der Waals surface area contributed by atoms with Crippen molar-refractivity contribution in [3.05, 3.63) is 53.5 Å². The van der Waals surface area contributed by atoms with E-state index in [1.807, 2.05) is 0 Å². The number of ether oxygens (including phenoxy) is 2. The molecule has 0 unspecified atom stereocenters. The Morgan fingerprint density at radius 3 is 2.28 bits per heavy atom. The fourth-order valence-electron chi connectivity index (χ4n) is 1.77. The molecule has 0 amide bonds. The molecule has 0 bridgehead atoms. The van der Waals surface area contributed by atoms with E-state index in [1.54, 1.807) is 0 Å². The van der Waals surface area contributed by atoms with Crippen LogP contribution in [0.2, 0.25) is 0 Å². The summed E-state index contributed by atoms with van der Waals surface area (Å²) in [5.41, 5.74) is -0.0343. The summed E-state index contributed by atoms with van der Waals surface area (Å²) >= 11 is 0. The van der Waals surface area contributed by atoms with Crippen LogP contribution in [0.5, 0.6) is 0 Å². The normalized spacial score (nSPS) is 11.4. The lowest BCUT2D eigenvalue weighted by atomic mass is 10.2. The Bertz CT molecular complexity index is 870. The van der Waals surface area contributed by atoms with E-state index >= 15 is 0 Å². The van der Waals surface area contributed by atoms with Gasteiger partial charge < -0.3 is 13.9 Å². The van der Waals surface area contributed by atoms with Crippen molar-refractivity contribution < 1.29 is 40.7 Å². The van der Waals surface area contributed by atoms with Crippen molar-refractivity contribution in [1.82, 2.24) is 0 Å². The van der Waals surface area contributed by atoms with Crippen LogP contribution in [0.1, 0.15) is 26.7 Å². The van der Waals surface area contributed by atoms with E-state index in [2.05, 4.69) is 4.74 Å². The molecule has 0 spiro atoms. The molecule has 2 aromatic rings. The van der Waals surface area contributed by atoms with Gasteiger partial charge in [0.2, 0.25) is 15.6 Å². The van der Waals surface area contributed by atoms with E-state index < -0.39 is 32.4 Å². The first-order valence-corrected chi connectivity index (χ1v) is 8.26. The first-order chi connectivity index (χ1) is 11.8. The van der Waals surface area contributed by atoms with E-state index in [4.69, 9.17) is 9.15 Å². The van der Waals surface area contributed by atoms with Gasteiger partial charge in [-0.25, -0.2) is 18.0 Å². The van der Waals surface area contributed by atoms with Crippen molar-refractivity contribution in [3.8, 4) is 0 Å². The quantitative estimate of drug-likeness (QED) is 0.716. The highest BCUT2D eigenvalue weighted by atomic mass is 32.2. The fourth-order valence-corrected chi connectivity index (χ4v) is 2.49. The number of esters is 2. The Balaban J connectivity index is 2.02. The van der Waals surface area contributed by atoms with E-state index in [0.717, 1.165) is 24.3 Å². The second-order valence-electron chi connectivity index (χ2n) is 4.66. The van der Waals surface area contributed by atoms with E-state index in [-0.39, 0.29) is 23.7 Å². The lowest BCUT2D eigenvalue weighted by Gasteiger charge is -2.05. The molecule has 1 aromatic heterocycles. The Morgan fingerprint density at radius 2 is 1.72 bits per heavy atom. The molecule has 25 heavy (non-hydrogen) atoms. The topological polar surface area (TPSA) is 99.9 Å². The molecule has 0 aliphatic heterocycles. The molecule has 0 saturated heterocycles. The van der Waals surface area contributed by atoms with Crippen molar-refractivity contribution in [3.63, 3.8) is 0 Å². The molecule has 7 nitrogen and oxygen atoms in total. The van der Waals surface area contributed by atoms with Crippen molar-refractivity contribution in [2.24, 2.45) is 0 Å². The molecule has 0 N–H and O–H groups in total. The number of benzene rings is 1. The SMILES string of the molecule is COC(=O)c1ccc(COC(=O)c2ccc(S(=O)(=O)C(F)F)cc2)o1. The number of rotatable bonds is 6. The van der Waals surface area contributed by atoms with Crippen LogP contribution >= 0.6 is 0 Å². The molecule has 0 saturated carbocycles. The van der Waals surface area contributed by atoms with Gasteiger partial charge in [0.25, 0.3) is 0 Å². The van der Waals surface area contributed by atoms with E-state index in [1.165, 1.54) is 19.2 Å². The highest BCUT2D eigenvalue weighted by Crippen LogP contribution is 2.19. The summed E-state index contributed by atoms with van der Waals surface area (Å²) in [4.78, 5) is 22.5. The average Bonchev–Trinajstić information content (AvgIpc) is 3.08. The number of carbonyl (C=O) groups excluding carboxylic acids is 2. The minimum absolute atomic E-state index is 0.0343. The average molecular weight is 374 g/mol. The molecule has 1 heterocycles. The van der Waals surface area contributed by atoms with Gasteiger partial charge in [-0.1, -0.05) is 0 Å². The fraction of sp³-hybridized carbons (Fsp3) is 0.200. The zero-order valence-electron chi connectivity index (χ0n) is 12.8. The number of sulfone groups is 1. The summed E-state index contributed by atoms with van der Waals surface area (Å²) in [6.07, 6.45) is 0. The third-order valence-electron chi connectivity index (χ3n) is 3.05. The maximum atomic E-state index is 12.4. The summed E-state index contributed by atoms with van der Waals surface area (Å²) in [5.74, 6) is -4.93. The van der Waals surface area contributed by atoms with E-state index in [9.17, 15) is 26.8 Å². The molecule has 2 rings (SSSR count). The number of hydrogen-bond acceptors (Lipinski definition) is 7. The van der Waals surface area contributed by atoms with Crippen LogP contribution in [-0.2, 0) is 25.9 Å². The predicted molar refractivity (Wildman–Crippen MR) is 78.8 cm³/mol. The third kappa shape index (κ3) is 4.21. The van der Waals surface area contributed by atoms with Crippen LogP contribution in [0, 0.1) is 0 Å². The second-order valence-corrected chi connectivity index (χ2v) is 6.58. The minimum atomic E-state index is -4.73. The second kappa shape index (κ2) is 7.43. The first kappa shape index (κ1) is 18.6. The maximum absolute atomic E-state index is 12.4. The summed E-state index contributed by atoms with van der Waals surface area (Å²) in [5, 5.41) is 0. The summed E-state index contributed by atoms with van der Waals surface area (Å²) in [6.45, 7) is -0.285. The molecule has 0 atom stereocenters. The molecule has 134 valence electrons. The molecule has 0 aliphatic rings. The Kier molecular flexibility index (Phi) is 5.52. The number of carbonyl (C=O) groups is 2. The van der Waals surface area contributed by atoms with Crippen molar-refractivity contribution >= 4 is 21.8 Å². The summed E-state index contributed by atoms with van der Waals surface area (Å²) in [7, 11) is -3.54. The van der Waals surface area contributed by atoms with Crippen LogP contribution in [0.3, 0.4) is 0 Å². The smallest absolute Gasteiger partial charge is 0.373 e. The Morgan fingerprint density at radius 1 is 1.08 bits per heavy atom. The van der Waals surface area contributed by atoms with Gasteiger partial charge in [0.05, 0.1) is 17.6 Å². The van der Waals surface area contributed by atoms with Crippen LogP contribution in [0.15, 0.2) is 45.7 Å². The van der Waals surface area contributed by atoms with Gasteiger partial charge in [-0.15, -0.1) is 0 Å². The van der Waals surface area contributed by atoms with Gasteiger partial charge in [0.15, 0.2) is 0 Å². The van der Waals surface area contributed by atoms with Gasteiger partial charge in [-0.05, 0) is 36.4 Å². The lowest BCUT2D eigenvalue weighted by Crippen LogP contribution is -2.12. The molecule has 10 heteroatoms. The van der Waals surface area contributed by atoms with Gasteiger partial charge in [0.1, 0.15) is 12.4 Å². The third-order valence-corrected chi connectivity index (χ3v) is 4.45. The van der Waals surface area contributed by atoms with Gasteiger partial charge in [0, 0.05) is 0 Å². The zero-order valence-corrected chi connectivity index (χ0v) is 13.6. The van der Waals surface area contributed by atoms with E-state index in [0.29, 0.717) is 0 Å². The monoisotopic (exact) mass is 374 g/mol. The van der Waals surface area contributed by atoms with Crippen LogP contribution in [0.25, 0.3) is 0 Å². The Hall–Kier alpha value is -2.75. The van der Waals surface area contributed by atoms with Crippen molar-refractivity contribution in [2.75, 3.05) is 7.11 Å². The largest absolute Gasteiger partial charge is 0.463 e. The minimum Gasteiger partial charge on any atom is -0.463 e. The van der Waals surface area contributed by atoms with Crippen LogP contribution < -0.4 is 0 Å². The maximum Gasteiger partial charge on any atom is 0.373 e. The highest BCUT2D eigenvalue weighted by Gasteiger charge is 2.26. The molecular weight excluding hydrogens is 362 g/mol. The Labute approximate surface area is 141 Å². The molecule has 0 aliphatic carbocycles.